The maximum atomic E-state index is 12.7. The monoisotopic (exact) mass is 273 g/mol. The second-order valence-electron chi connectivity index (χ2n) is 4.51. The Morgan fingerprint density at radius 3 is 2.53 bits per heavy atom. The van der Waals surface area contributed by atoms with Crippen LogP contribution in [-0.2, 0) is 16.1 Å². The first kappa shape index (κ1) is 13.9. The molecule has 1 aromatic rings. The van der Waals surface area contributed by atoms with Crippen LogP contribution in [0.5, 0.6) is 0 Å². The summed E-state index contributed by atoms with van der Waals surface area (Å²) in [5.74, 6) is -0.413. The van der Waals surface area contributed by atoms with Crippen molar-refractivity contribution >= 4 is 5.91 Å². The van der Waals surface area contributed by atoms with Crippen LogP contribution in [-0.4, -0.2) is 35.7 Å². The van der Waals surface area contributed by atoms with Crippen molar-refractivity contribution in [1.29, 1.82) is 0 Å². The molecule has 0 bridgehead atoms. The number of carbonyl (C=O) groups is 1. The Morgan fingerprint density at radius 2 is 1.95 bits per heavy atom. The van der Waals surface area contributed by atoms with E-state index < -0.39 is 30.8 Å². The summed E-state index contributed by atoms with van der Waals surface area (Å²) < 4.78 is 42.8. The van der Waals surface area contributed by atoms with Crippen molar-refractivity contribution in [3.63, 3.8) is 0 Å². The Hall–Kier alpha value is -1.56. The van der Waals surface area contributed by atoms with Crippen LogP contribution in [0.2, 0.25) is 0 Å². The number of amides is 1. The molecule has 0 aromatic heterocycles. The third-order valence-electron chi connectivity index (χ3n) is 3.00. The van der Waals surface area contributed by atoms with E-state index in [0.717, 1.165) is 5.56 Å². The molecular weight excluding hydrogens is 259 g/mol. The van der Waals surface area contributed by atoms with E-state index in [1.54, 1.807) is 24.3 Å². The highest BCUT2D eigenvalue weighted by Crippen LogP contribution is 2.28. The minimum Gasteiger partial charge on any atom is -0.354 e. The number of alkyl halides is 3. The minimum atomic E-state index is -4.45. The molecular formula is C13H14F3NO2. The fourth-order valence-electron chi connectivity index (χ4n) is 2.02. The summed E-state index contributed by atoms with van der Waals surface area (Å²) in [7, 11) is 0. The first-order valence-corrected chi connectivity index (χ1v) is 5.93. The number of benzene rings is 1. The van der Waals surface area contributed by atoms with E-state index in [0.29, 0.717) is 0 Å². The molecule has 1 heterocycles. The Balaban J connectivity index is 2.12. The molecule has 2 rings (SSSR count). The van der Waals surface area contributed by atoms with Crippen molar-refractivity contribution in [1.82, 2.24) is 4.90 Å². The van der Waals surface area contributed by atoms with Gasteiger partial charge >= 0.3 is 6.18 Å². The van der Waals surface area contributed by atoms with Crippen LogP contribution in [0.3, 0.4) is 0 Å². The Morgan fingerprint density at radius 1 is 1.32 bits per heavy atom. The van der Waals surface area contributed by atoms with Crippen LogP contribution < -0.4 is 0 Å². The lowest BCUT2D eigenvalue weighted by molar-refractivity contribution is -0.248. The Labute approximate surface area is 109 Å². The van der Waals surface area contributed by atoms with E-state index in [9.17, 15) is 18.0 Å². The van der Waals surface area contributed by atoms with E-state index >= 15 is 0 Å². The zero-order valence-corrected chi connectivity index (χ0v) is 10.4. The van der Waals surface area contributed by atoms with Gasteiger partial charge in [0.2, 0.25) is 0 Å². The summed E-state index contributed by atoms with van der Waals surface area (Å²) in [6, 6.07) is 8.92. The molecule has 2 atom stereocenters. The zero-order chi connectivity index (χ0) is 14.0. The molecule has 3 nitrogen and oxygen atoms in total. The second-order valence-corrected chi connectivity index (χ2v) is 4.51. The van der Waals surface area contributed by atoms with E-state index in [1.807, 2.05) is 6.07 Å². The Kier molecular flexibility index (Phi) is 3.80. The summed E-state index contributed by atoms with van der Waals surface area (Å²) in [5, 5.41) is 0. The van der Waals surface area contributed by atoms with Gasteiger partial charge in [0.05, 0.1) is 6.54 Å². The largest absolute Gasteiger partial charge is 0.416 e. The molecule has 0 aliphatic carbocycles. The second kappa shape index (κ2) is 5.21. The van der Waals surface area contributed by atoms with Crippen molar-refractivity contribution in [2.24, 2.45) is 0 Å². The predicted octanol–water partition coefficient (Wildman–Crippen LogP) is 2.36. The summed E-state index contributed by atoms with van der Waals surface area (Å²) in [4.78, 5) is 13.0. The van der Waals surface area contributed by atoms with Crippen LogP contribution in [0, 0.1) is 0 Å². The van der Waals surface area contributed by atoms with Crippen LogP contribution in [0.15, 0.2) is 30.3 Å². The zero-order valence-electron chi connectivity index (χ0n) is 10.4. The van der Waals surface area contributed by atoms with Gasteiger partial charge < -0.3 is 9.64 Å². The predicted molar refractivity (Wildman–Crippen MR) is 62.2 cm³/mol. The Bertz CT molecular complexity index is 447. The van der Waals surface area contributed by atoms with Crippen molar-refractivity contribution in [2.45, 2.75) is 31.9 Å². The number of hydrogen-bond donors (Lipinski definition) is 0. The number of hydrogen-bond acceptors (Lipinski definition) is 2. The highest BCUT2D eigenvalue weighted by Gasteiger charge is 2.47. The van der Waals surface area contributed by atoms with Gasteiger partial charge in [-0.3, -0.25) is 4.79 Å². The molecule has 6 heteroatoms. The molecule has 1 fully saturated rings. The van der Waals surface area contributed by atoms with E-state index in [4.69, 9.17) is 4.74 Å². The molecule has 1 amide bonds. The average molecular weight is 273 g/mol. The van der Waals surface area contributed by atoms with E-state index in [-0.39, 0.29) is 6.54 Å². The SMILES string of the molecule is CC1OC(C(F)(F)F)CN(Cc2ccccc2)C1=O. The first-order chi connectivity index (χ1) is 8.88. The molecule has 0 saturated carbocycles. The standard InChI is InChI=1S/C13H14F3NO2/c1-9-12(18)17(7-10-5-3-2-4-6-10)8-11(19-9)13(14,15)16/h2-6,9,11H,7-8H2,1H3. The maximum Gasteiger partial charge on any atom is 0.416 e. The van der Waals surface area contributed by atoms with E-state index in [2.05, 4.69) is 0 Å². The third-order valence-corrected chi connectivity index (χ3v) is 3.00. The van der Waals surface area contributed by atoms with Crippen LogP contribution in [0.25, 0.3) is 0 Å². The quantitative estimate of drug-likeness (QED) is 0.828. The van der Waals surface area contributed by atoms with Crippen LogP contribution in [0.1, 0.15) is 12.5 Å². The molecule has 0 N–H and O–H groups in total. The number of morpholine rings is 1. The van der Waals surface area contributed by atoms with E-state index in [1.165, 1.54) is 11.8 Å². The molecule has 104 valence electrons. The molecule has 0 spiro atoms. The lowest BCUT2D eigenvalue weighted by atomic mass is 10.1. The normalized spacial score (nSPS) is 24.6. The molecule has 1 aliphatic heterocycles. The number of halogens is 3. The summed E-state index contributed by atoms with van der Waals surface area (Å²) >= 11 is 0. The lowest BCUT2D eigenvalue weighted by Gasteiger charge is -2.37. The smallest absolute Gasteiger partial charge is 0.354 e. The van der Waals surface area contributed by atoms with Gasteiger partial charge in [-0.05, 0) is 12.5 Å². The van der Waals surface area contributed by atoms with Gasteiger partial charge in [0.25, 0.3) is 5.91 Å². The first-order valence-electron chi connectivity index (χ1n) is 5.93. The number of ether oxygens (including phenoxy) is 1. The number of nitrogens with zero attached hydrogens (tertiary/aromatic N) is 1. The van der Waals surface area contributed by atoms with Gasteiger partial charge in [-0.25, -0.2) is 0 Å². The van der Waals surface area contributed by atoms with Crippen LogP contribution >= 0.6 is 0 Å². The molecule has 1 saturated heterocycles. The van der Waals surface area contributed by atoms with Crippen molar-refractivity contribution in [3.05, 3.63) is 35.9 Å². The topological polar surface area (TPSA) is 29.5 Å². The van der Waals surface area contributed by atoms with Crippen molar-refractivity contribution in [2.75, 3.05) is 6.54 Å². The average Bonchev–Trinajstić information content (AvgIpc) is 2.34. The van der Waals surface area contributed by atoms with Crippen LogP contribution in [0.4, 0.5) is 13.2 Å². The summed E-state index contributed by atoms with van der Waals surface area (Å²) in [6.07, 6.45) is -7.43. The maximum absolute atomic E-state index is 12.7. The molecule has 1 aliphatic rings. The highest BCUT2D eigenvalue weighted by atomic mass is 19.4. The van der Waals surface area contributed by atoms with Crippen molar-refractivity contribution < 1.29 is 22.7 Å². The molecule has 0 radical (unpaired) electrons. The number of carbonyl (C=O) groups excluding carboxylic acids is 1. The lowest BCUT2D eigenvalue weighted by Crippen LogP contribution is -2.55. The molecule has 19 heavy (non-hydrogen) atoms. The van der Waals surface area contributed by atoms with Gasteiger partial charge in [0.1, 0.15) is 6.10 Å². The van der Waals surface area contributed by atoms with Crippen molar-refractivity contribution in [3.8, 4) is 0 Å². The fraction of sp³-hybridized carbons (Fsp3) is 0.462. The van der Waals surface area contributed by atoms with Gasteiger partial charge in [-0.2, -0.15) is 13.2 Å². The molecule has 1 aromatic carbocycles. The number of rotatable bonds is 2. The van der Waals surface area contributed by atoms with Gasteiger partial charge in [0.15, 0.2) is 6.10 Å². The minimum absolute atomic E-state index is 0.167. The third kappa shape index (κ3) is 3.26. The van der Waals surface area contributed by atoms with Gasteiger partial charge in [0, 0.05) is 6.54 Å². The summed E-state index contributed by atoms with van der Waals surface area (Å²) in [5.41, 5.74) is 0.797. The molecule has 2 unspecified atom stereocenters. The highest BCUT2D eigenvalue weighted by molar-refractivity contribution is 5.81. The van der Waals surface area contributed by atoms with Gasteiger partial charge in [-0.1, -0.05) is 30.3 Å². The summed E-state index contributed by atoms with van der Waals surface area (Å²) in [6.45, 7) is 1.06. The fourth-order valence-corrected chi connectivity index (χ4v) is 2.02. The van der Waals surface area contributed by atoms with Gasteiger partial charge in [-0.15, -0.1) is 0 Å².